The molecule has 35 heavy (non-hydrogen) atoms. The normalized spacial score (nSPS) is 15.7. The number of rotatable bonds is 4. The third kappa shape index (κ3) is 6.38. The molecule has 12 heteroatoms. The quantitative estimate of drug-likeness (QED) is 0.672. The number of amides is 2. The molecule has 1 saturated heterocycles. The molecule has 1 fully saturated rings. The number of ether oxygens (including phenoxy) is 1. The molecule has 0 unspecified atom stereocenters. The number of fused-ring (bicyclic) bond motifs is 1. The van der Waals surface area contributed by atoms with Crippen LogP contribution in [0, 0.1) is 12.7 Å². The monoisotopic (exact) mass is 505 g/mol. The summed E-state index contributed by atoms with van der Waals surface area (Å²) < 4.78 is 36.2. The average Bonchev–Trinajstić information content (AvgIpc) is 2.81. The lowest BCUT2D eigenvalue weighted by Crippen LogP contribution is -2.51. The first-order valence-corrected chi connectivity index (χ1v) is 12.0. The number of nitrogens with one attached hydrogen (secondary N) is 1. The first-order chi connectivity index (χ1) is 16.7. The van der Waals surface area contributed by atoms with E-state index in [-0.39, 0.29) is 30.0 Å². The molecule has 1 aromatic heterocycles. The zero-order valence-corrected chi connectivity index (χ0v) is 20.6. The molecule has 2 amide bonds. The Kier molecular flexibility index (Phi) is 8.85. The standard InChI is InChI=1S/C23H28FN5O3.O2S/c1-14(2)32-23(31)28-10-8-16(9-11-28)29-20(30)7-5-17-21(25-13-26-22(17)29)27-19-6-4-15(3)12-18(19)24;1-3-2/h4,6,12-14,16H,5,7-11H2,1-3H3,(H,25,26,27);. The Balaban J connectivity index is 0.00000108. The highest BCUT2D eigenvalue weighted by molar-refractivity contribution is 7.51. The summed E-state index contributed by atoms with van der Waals surface area (Å²) >= 11 is -0.750. The van der Waals surface area contributed by atoms with E-state index >= 15 is 0 Å². The summed E-state index contributed by atoms with van der Waals surface area (Å²) in [6, 6.07) is 4.90. The Labute approximate surface area is 206 Å². The van der Waals surface area contributed by atoms with Gasteiger partial charge in [0, 0.05) is 31.1 Å². The van der Waals surface area contributed by atoms with Crippen molar-refractivity contribution >= 4 is 40.9 Å². The number of aryl methyl sites for hydroxylation is 1. The van der Waals surface area contributed by atoms with Crippen LogP contribution in [0.4, 0.5) is 26.5 Å². The molecule has 0 saturated carbocycles. The number of carbonyl (C=O) groups is 2. The van der Waals surface area contributed by atoms with E-state index < -0.39 is 11.6 Å². The highest BCUT2D eigenvalue weighted by atomic mass is 32.1. The van der Waals surface area contributed by atoms with E-state index in [4.69, 9.17) is 13.2 Å². The molecule has 0 atom stereocenters. The minimum atomic E-state index is -0.750. The lowest BCUT2D eigenvalue weighted by atomic mass is 9.98. The lowest BCUT2D eigenvalue weighted by Gasteiger charge is -2.40. The van der Waals surface area contributed by atoms with Gasteiger partial charge in [0.25, 0.3) is 0 Å². The zero-order chi connectivity index (χ0) is 25.5. The molecule has 3 heterocycles. The molecule has 2 aliphatic heterocycles. The molecule has 2 aliphatic rings. The molecule has 1 aromatic carbocycles. The van der Waals surface area contributed by atoms with E-state index in [0.29, 0.717) is 56.1 Å². The average molecular weight is 506 g/mol. The molecule has 0 radical (unpaired) electrons. The number of halogens is 1. The van der Waals surface area contributed by atoms with Crippen LogP contribution in [0.1, 0.15) is 44.2 Å². The highest BCUT2D eigenvalue weighted by Gasteiger charge is 2.36. The van der Waals surface area contributed by atoms with Crippen LogP contribution in [-0.4, -0.2) is 60.5 Å². The molecular formula is C23H28FN5O5S. The molecule has 188 valence electrons. The van der Waals surface area contributed by atoms with Gasteiger partial charge in [0.2, 0.25) is 5.91 Å². The number of hydrogen-bond donors (Lipinski definition) is 1. The van der Waals surface area contributed by atoms with Gasteiger partial charge in [-0.1, -0.05) is 6.07 Å². The predicted molar refractivity (Wildman–Crippen MR) is 127 cm³/mol. The maximum atomic E-state index is 14.4. The zero-order valence-electron chi connectivity index (χ0n) is 19.8. The molecular weight excluding hydrogens is 477 g/mol. The van der Waals surface area contributed by atoms with Crippen LogP contribution in [0.5, 0.6) is 0 Å². The van der Waals surface area contributed by atoms with Crippen LogP contribution in [0.2, 0.25) is 0 Å². The van der Waals surface area contributed by atoms with Crippen LogP contribution < -0.4 is 10.2 Å². The first kappa shape index (κ1) is 26.2. The Morgan fingerprint density at radius 3 is 2.51 bits per heavy atom. The summed E-state index contributed by atoms with van der Waals surface area (Å²) in [6.45, 7) is 6.50. The Morgan fingerprint density at radius 1 is 1.20 bits per heavy atom. The van der Waals surface area contributed by atoms with Crippen LogP contribution in [0.3, 0.4) is 0 Å². The van der Waals surface area contributed by atoms with Crippen molar-refractivity contribution in [3.05, 3.63) is 41.5 Å². The largest absolute Gasteiger partial charge is 0.447 e. The fraction of sp³-hybridized carbons (Fsp3) is 0.478. The highest BCUT2D eigenvalue weighted by Crippen LogP contribution is 2.35. The SMILES string of the molecule is Cc1ccc(Nc2ncnc3c2CCC(=O)N3C2CCN(C(=O)OC(C)C)CC2)c(F)c1.O=S=O. The van der Waals surface area contributed by atoms with Gasteiger partial charge in [0.1, 0.15) is 23.8 Å². The molecule has 2 aromatic rings. The van der Waals surface area contributed by atoms with Gasteiger partial charge in [-0.15, -0.1) is 0 Å². The minimum absolute atomic E-state index is 0.00636. The number of piperidine rings is 1. The second kappa shape index (κ2) is 11.8. The summed E-state index contributed by atoms with van der Waals surface area (Å²) in [5.41, 5.74) is 1.96. The van der Waals surface area contributed by atoms with Crippen molar-refractivity contribution in [2.45, 2.75) is 58.6 Å². The van der Waals surface area contributed by atoms with Gasteiger partial charge in [0.15, 0.2) is 0 Å². The number of carbonyl (C=O) groups excluding carboxylic acids is 2. The third-order valence-electron chi connectivity index (χ3n) is 5.81. The van der Waals surface area contributed by atoms with Crippen LogP contribution in [0.15, 0.2) is 24.5 Å². The molecule has 0 aliphatic carbocycles. The second-order valence-corrected chi connectivity index (χ2v) is 8.75. The van der Waals surface area contributed by atoms with Gasteiger partial charge in [-0.2, -0.15) is 8.42 Å². The van der Waals surface area contributed by atoms with Crippen LogP contribution >= 0.6 is 0 Å². The maximum absolute atomic E-state index is 14.4. The molecule has 0 spiro atoms. The van der Waals surface area contributed by atoms with Crippen molar-refractivity contribution < 1.29 is 27.1 Å². The maximum Gasteiger partial charge on any atom is 0.410 e. The smallest absolute Gasteiger partial charge is 0.410 e. The Hall–Kier alpha value is -3.41. The van der Waals surface area contributed by atoms with Crippen molar-refractivity contribution in [2.75, 3.05) is 23.3 Å². The van der Waals surface area contributed by atoms with Gasteiger partial charge in [-0.05, 0) is 57.7 Å². The van der Waals surface area contributed by atoms with E-state index in [1.807, 2.05) is 26.8 Å². The topological polar surface area (TPSA) is 122 Å². The lowest BCUT2D eigenvalue weighted by molar-refractivity contribution is -0.119. The summed E-state index contributed by atoms with van der Waals surface area (Å²) in [6.07, 6.45) is 3.00. The van der Waals surface area contributed by atoms with Crippen molar-refractivity contribution in [3.8, 4) is 0 Å². The van der Waals surface area contributed by atoms with Crippen molar-refractivity contribution in [3.63, 3.8) is 0 Å². The number of nitrogens with zero attached hydrogens (tertiary/aromatic N) is 4. The summed E-state index contributed by atoms with van der Waals surface area (Å²) in [4.78, 5) is 37.2. The second-order valence-electron chi connectivity index (χ2n) is 8.62. The number of aromatic nitrogens is 2. The van der Waals surface area contributed by atoms with Gasteiger partial charge >= 0.3 is 17.7 Å². The van der Waals surface area contributed by atoms with E-state index in [0.717, 1.165) is 11.1 Å². The van der Waals surface area contributed by atoms with Crippen molar-refractivity contribution in [2.24, 2.45) is 0 Å². The van der Waals surface area contributed by atoms with Crippen LogP contribution in [-0.2, 0) is 27.5 Å². The molecule has 0 bridgehead atoms. The van der Waals surface area contributed by atoms with Crippen LogP contribution in [0.25, 0.3) is 0 Å². The van der Waals surface area contributed by atoms with Gasteiger partial charge in [0.05, 0.1) is 11.8 Å². The minimum Gasteiger partial charge on any atom is -0.447 e. The van der Waals surface area contributed by atoms with E-state index in [1.165, 1.54) is 12.4 Å². The molecule has 10 nitrogen and oxygen atoms in total. The van der Waals surface area contributed by atoms with Gasteiger partial charge < -0.3 is 15.0 Å². The Morgan fingerprint density at radius 2 is 1.89 bits per heavy atom. The van der Waals surface area contributed by atoms with Crippen molar-refractivity contribution in [1.29, 1.82) is 0 Å². The summed E-state index contributed by atoms with van der Waals surface area (Å²) in [5.74, 6) is 0.719. The van der Waals surface area contributed by atoms with E-state index in [2.05, 4.69) is 15.3 Å². The van der Waals surface area contributed by atoms with Crippen molar-refractivity contribution in [1.82, 2.24) is 14.9 Å². The van der Waals surface area contributed by atoms with E-state index in [9.17, 15) is 14.0 Å². The van der Waals surface area contributed by atoms with Gasteiger partial charge in [-0.25, -0.2) is 19.2 Å². The van der Waals surface area contributed by atoms with E-state index in [1.54, 1.807) is 15.9 Å². The number of benzene rings is 1. The number of hydrogen-bond acceptors (Lipinski definition) is 8. The fourth-order valence-electron chi connectivity index (χ4n) is 4.23. The Bertz CT molecular complexity index is 1120. The third-order valence-corrected chi connectivity index (χ3v) is 5.81. The number of likely N-dealkylation sites (tertiary alicyclic amines) is 1. The fourth-order valence-corrected chi connectivity index (χ4v) is 4.23. The first-order valence-electron chi connectivity index (χ1n) is 11.3. The molecule has 1 N–H and O–H groups in total. The summed E-state index contributed by atoms with van der Waals surface area (Å²) in [7, 11) is 0. The molecule has 4 rings (SSSR count). The predicted octanol–water partition coefficient (Wildman–Crippen LogP) is 3.29. The number of anilines is 3. The summed E-state index contributed by atoms with van der Waals surface area (Å²) in [5, 5.41) is 3.07. The van der Waals surface area contributed by atoms with Gasteiger partial charge in [-0.3, -0.25) is 9.69 Å².